The smallest absolute Gasteiger partial charge is 0.335 e. The Hall–Kier alpha value is -1.88. The molecule has 0 aliphatic heterocycles. The van der Waals surface area contributed by atoms with Crippen molar-refractivity contribution in [3.05, 3.63) is 35.4 Å². The zero-order valence-electron chi connectivity index (χ0n) is 9.72. The van der Waals surface area contributed by atoms with Gasteiger partial charge < -0.3 is 15.7 Å². The normalized spacial score (nSPS) is 10.5. The molecule has 5 heteroatoms. The Labute approximate surface area is 99.8 Å². The summed E-state index contributed by atoms with van der Waals surface area (Å²) >= 11 is 0. The first kappa shape index (κ1) is 13.2. The van der Waals surface area contributed by atoms with Gasteiger partial charge in [0.2, 0.25) is 5.91 Å². The van der Waals surface area contributed by atoms with Gasteiger partial charge in [-0.05, 0) is 24.7 Å². The van der Waals surface area contributed by atoms with Gasteiger partial charge in [0.05, 0.1) is 5.56 Å². The van der Waals surface area contributed by atoms with Gasteiger partial charge in [-0.25, -0.2) is 4.79 Å². The molecule has 1 rings (SSSR count). The SMILES string of the molecule is CN(CCC(N)=O)Cc1ccc(C(=O)O)cc1. The van der Waals surface area contributed by atoms with Gasteiger partial charge >= 0.3 is 5.97 Å². The Morgan fingerprint density at radius 2 is 1.88 bits per heavy atom. The van der Waals surface area contributed by atoms with Gasteiger partial charge in [0.1, 0.15) is 0 Å². The van der Waals surface area contributed by atoms with E-state index in [0.29, 0.717) is 19.5 Å². The third kappa shape index (κ3) is 4.65. The van der Waals surface area contributed by atoms with Crippen molar-refractivity contribution >= 4 is 11.9 Å². The van der Waals surface area contributed by atoms with E-state index in [-0.39, 0.29) is 11.5 Å². The lowest BCUT2D eigenvalue weighted by Crippen LogP contribution is -2.24. The van der Waals surface area contributed by atoms with Gasteiger partial charge in [-0.2, -0.15) is 0 Å². The molecule has 5 nitrogen and oxygen atoms in total. The molecule has 0 heterocycles. The van der Waals surface area contributed by atoms with Crippen molar-refractivity contribution in [1.29, 1.82) is 0 Å². The Morgan fingerprint density at radius 1 is 1.29 bits per heavy atom. The number of nitrogens with zero attached hydrogens (tertiary/aromatic N) is 1. The summed E-state index contributed by atoms with van der Waals surface area (Å²) in [7, 11) is 1.88. The molecule has 17 heavy (non-hydrogen) atoms. The zero-order chi connectivity index (χ0) is 12.8. The van der Waals surface area contributed by atoms with Crippen LogP contribution in [0.5, 0.6) is 0 Å². The second kappa shape index (κ2) is 6.00. The Morgan fingerprint density at radius 3 is 2.35 bits per heavy atom. The van der Waals surface area contributed by atoms with Crippen LogP contribution in [0.25, 0.3) is 0 Å². The summed E-state index contributed by atoms with van der Waals surface area (Å²) in [6.45, 7) is 1.25. The molecule has 0 aliphatic rings. The number of rotatable bonds is 6. The van der Waals surface area contributed by atoms with E-state index < -0.39 is 5.97 Å². The highest BCUT2D eigenvalue weighted by Crippen LogP contribution is 2.07. The molecule has 0 bridgehead atoms. The molecule has 0 unspecified atom stereocenters. The van der Waals surface area contributed by atoms with Crippen LogP contribution in [0.2, 0.25) is 0 Å². The molecule has 1 aromatic rings. The fraction of sp³-hybridized carbons (Fsp3) is 0.333. The van der Waals surface area contributed by atoms with Crippen LogP contribution >= 0.6 is 0 Å². The highest BCUT2D eigenvalue weighted by atomic mass is 16.4. The second-order valence-electron chi connectivity index (χ2n) is 3.96. The molecular weight excluding hydrogens is 220 g/mol. The van der Waals surface area contributed by atoms with Crippen LogP contribution in [0.1, 0.15) is 22.3 Å². The van der Waals surface area contributed by atoms with E-state index in [4.69, 9.17) is 10.8 Å². The predicted octanol–water partition coefficient (Wildman–Crippen LogP) is 0.692. The van der Waals surface area contributed by atoms with Crippen molar-refractivity contribution in [2.24, 2.45) is 5.73 Å². The maximum Gasteiger partial charge on any atom is 0.335 e. The topological polar surface area (TPSA) is 83.6 Å². The highest BCUT2D eigenvalue weighted by molar-refractivity contribution is 5.87. The highest BCUT2D eigenvalue weighted by Gasteiger charge is 2.04. The van der Waals surface area contributed by atoms with Crippen LogP contribution < -0.4 is 5.73 Å². The molecule has 0 aliphatic carbocycles. The molecule has 1 amide bonds. The first-order valence-corrected chi connectivity index (χ1v) is 5.28. The van der Waals surface area contributed by atoms with Crippen LogP contribution in [-0.2, 0) is 11.3 Å². The molecule has 92 valence electrons. The number of benzene rings is 1. The third-order valence-corrected chi connectivity index (χ3v) is 2.39. The zero-order valence-corrected chi connectivity index (χ0v) is 9.72. The average Bonchev–Trinajstić information content (AvgIpc) is 2.27. The van der Waals surface area contributed by atoms with Crippen molar-refractivity contribution < 1.29 is 14.7 Å². The summed E-state index contributed by atoms with van der Waals surface area (Å²) in [4.78, 5) is 23.2. The lowest BCUT2D eigenvalue weighted by atomic mass is 10.1. The van der Waals surface area contributed by atoms with Crippen LogP contribution in [0.3, 0.4) is 0 Å². The minimum atomic E-state index is -0.932. The lowest BCUT2D eigenvalue weighted by Gasteiger charge is -2.15. The van der Waals surface area contributed by atoms with Crippen LogP contribution in [0, 0.1) is 0 Å². The van der Waals surface area contributed by atoms with E-state index >= 15 is 0 Å². The molecule has 0 saturated carbocycles. The first-order chi connectivity index (χ1) is 7.99. The summed E-state index contributed by atoms with van der Waals surface area (Å²) in [5.74, 6) is -1.25. The number of aromatic carboxylic acids is 1. The van der Waals surface area contributed by atoms with Gasteiger partial charge in [-0.3, -0.25) is 4.79 Å². The van der Waals surface area contributed by atoms with Gasteiger partial charge in [0.15, 0.2) is 0 Å². The number of carbonyl (C=O) groups is 2. The average molecular weight is 236 g/mol. The summed E-state index contributed by atoms with van der Waals surface area (Å²) in [5, 5.41) is 8.74. The van der Waals surface area contributed by atoms with Gasteiger partial charge in [-0.15, -0.1) is 0 Å². The molecule has 0 spiro atoms. The standard InChI is InChI=1S/C12H16N2O3/c1-14(7-6-11(13)15)8-9-2-4-10(5-3-9)12(16)17/h2-5H,6-8H2,1H3,(H2,13,15)(H,16,17). The van der Waals surface area contributed by atoms with Crippen LogP contribution in [0.4, 0.5) is 0 Å². The second-order valence-corrected chi connectivity index (χ2v) is 3.96. The number of nitrogens with two attached hydrogens (primary N) is 1. The van der Waals surface area contributed by atoms with E-state index in [1.165, 1.54) is 0 Å². The molecular formula is C12H16N2O3. The monoisotopic (exact) mass is 236 g/mol. The van der Waals surface area contributed by atoms with E-state index in [1.54, 1.807) is 24.3 Å². The summed E-state index contributed by atoms with van der Waals surface area (Å²) in [6.07, 6.45) is 0.323. The summed E-state index contributed by atoms with van der Waals surface area (Å²) in [5.41, 5.74) is 6.33. The summed E-state index contributed by atoms with van der Waals surface area (Å²) in [6, 6.07) is 6.67. The van der Waals surface area contributed by atoms with E-state index in [1.807, 2.05) is 11.9 Å². The van der Waals surface area contributed by atoms with Gasteiger partial charge in [0.25, 0.3) is 0 Å². The number of primary amides is 1. The van der Waals surface area contributed by atoms with Crippen molar-refractivity contribution in [1.82, 2.24) is 4.90 Å². The Bertz CT molecular complexity index is 401. The Balaban J connectivity index is 2.51. The minimum Gasteiger partial charge on any atom is -0.478 e. The predicted molar refractivity (Wildman–Crippen MR) is 63.5 cm³/mol. The van der Waals surface area contributed by atoms with Crippen molar-refractivity contribution in [3.8, 4) is 0 Å². The number of hydrogen-bond acceptors (Lipinski definition) is 3. The maximum absolute atomic E-state index is 10.7. The maximum atomic E-state index is 10.7. The molecule has 0 saturated heterocycles. The van der Waals surface area contributed by atoms with Gasteiger partial charge in [-0.1, -0.05) is 12.1 Å². The number of amides is 1. The van der Waals surface area contributed by atoms with Crippen molar-refractivity contribution in [2.45, 2.75) is 13.0 Å². The van der Waals surface area contributed by atoms with Crippen LogP contribution in [-0.4, -0.2) is 35.5 Å². The quantitative estimate of drug-likeness (QED) is 0.761. The van der Waals surface area contributed by atoms with Crippen molar-refractivity contribution in [2.75, 3.05) is 13.6 Å². The molecule has 3 N–H and O–H groups in total. The molecule has 0 fully saturated rings. The fourth-order valence-corrected chi connectivity index (χ4v) is 1.44. The molecule has 0 aromatic heterocycles. The first-order valence-electron chi connectivity index (χ1n) is 5.28. The minimum absolute atomic E-state index is 0.272. The molecule has 0 atom stereocenters. The Kier molecular flexibility index (Phi) is 4.66. The fourth-order valence-electron chi connectivity index (χ4n) is 1.44. The largest absolute Gasteiger partial charge is 0.478 e. The number of carboxylic acid groups (broad SMARTS) is 1. The van der Waals surface area contributed by atoms with E-state index in [9.17, 15) is 9.59 Å². The lowest BCUT2D eigenvalue weighted by molar-refractivity contribution is -0.118. The summed E-state index contributed by atoms with van der Waals surface area (Å²) < 4.78 is 0. The third-order valence-electron chi connectivity index (χ3n) is 2.39. The number of hydrogen-bond donors (Lipinski definition) is 2. The van der Waals surface area contributed by atoms with Gasteiger partial charge in [0, 0.05) is 19.5 Å². The molecule has 0 radical (unpaired) electrons. The van der Waals surface area contributed by atoms with E-state index in [2.05, 4.69) is 0 Å². The number of carbonyl (C=O) groups excluding carboxylic acids is 1. The van der Waals surface area contributed by atoms with Crippen LogP contribution in [0.15, 0.2) is 24.3 Å². The van der Waals surface area contributed by atoms with Crippen molar-refractivity contribution in [3.63, 3.8) is 0 Å². The van der Waals surface area contributed by atoms with E-state index in [0.717, 1.165) is 5.56 Å². The number of carboxylic acids is 1. The molecule has 1 aromatic carbocycles.